The number of amides is 2. The van der Waals surface area contributed by atoms with Crippen LogP contribution in [0.4, 0.5) is 4.39 Å². The van der Waals surface area contributed by atoms with Crippen molar-refractivity contribution in [2.24, 2.45) is 0 Å². The summed E-state index contributed by atoms with van der Waals surface area (Å²) in [5.74, 6) is -0.877. The molecule has 2 amide bonds. The van der Waals surface area contributed by atoms with Gasteiger partial charge in [0.15, 0.2) is 0 Å². The number of aromatic nitrogens is 1. The summed E-state index contributed by atoms with van der Waals surface area (Å²) < 4.78 is 13.6. The summed E-state index contributed by atoms with van der Waals surface area (Å²) >= 11 is 6.01. The van der Waals surface area contributed by atoms with Crippen LogP contribution in [0.15, 0.2) is 103 Å². The summed E-state index contributed by atoms with van der Waals surface area (Å²) in [6, 6.07) is 27.3. The van der Waals surface area contributed by atoms with Crippen LogP contribution in [0.3, 0.4) is 0 Å². The van der Waals surface area contributed by atoms with Gasteiger partial charge >= 0.3 is 0 Å². The Morgan fingerprint density at radius 1 is 0.838 bits per heavy atom. The Balaban J connectivity index is 1.64. The van der Waals surface area contributed by atoms with E-state index >= 15 is 0 Å². The summed E-state index contributed by atoms with van der Waals surface area (Å²) in [5, 5.41) is 3.53. The van der Waals surface area contributed by atoms with Gasteiger partial charge < -0.3 is 10.2 Å². The first-order valence-electron chi connectivity index (χ1n) is 12.0. The van der Waals surface area contributed by atoms with E-state index in [0.29, 0.717) is 17.1 Å². The largest absolute Gasteiger partial charge is 0.349 e. The van der Waals surface area contributed by atoms with Crippen molar-refractivity contribution in [2.45, 2.75) is 32.0 Å². The maximum atomic E-state index is 13.7. The number of nitrogens with zero attached hydrogens (tertiary/aromatic N) is 2. The van der Waals surface area contributed by atoms with E-state index in [9.17, 15) is 14.0 Å². The Bertz CT molecular complexity index is 1300. The smallest absolute Gasteiger partial charge is 0.243 e. The molecule has 0 unspecified atom stereocenters. The molecule has 1 N–H and O–H groups in total. The Hall–Kier alpha value is -4.03. The first-order chi connectivity index (χ1) is 18.0. The Morgan fingerprint density at radius 3 is 2.19 bits per heavy atom. The van der Waals surface area contributed by atoms with Crippen LogP contribution in [-0.2, 0) is 35.5 Å². The van der Waals surface area contributed by atoms with Gasteiger partial charge in [0.1, 0.15) is 11.9 Å². The van der Waals surface area contributed by atoms with Gasteiger partial charge in [-0.2, -0.15) is 0 Å². The highest BCUT2D eigenvalue weighted by Crippen LogP contribution is 2.18. The number of halogens is 2. The number of benzene rings is 3. The lowest BCUT2D eigenvalue weighted by atomic mass is 10.0. The molecule has 4 aromatic rings. The standard InChI is InChI=1S/C30H27ClFN3O2/c31-25-13-9-23(10-14-25)19-29(36)35(21-24-11-15-26(32)16-12-24)28(18-22-6-2-1-3-7-22)30(37)34-20-27-8-4-5-17-33-27/h1-17,28H,18-21H2,(H,34,37)/t28-/m0/s1. The lowest BCUT2D eigenvalue weighted by Gasteiger charge is -2.31. The normalized spacial score (nSPS) is 11.5. The van der Waals surface area contributed by atoms with Crippen LogP contribution in [0, 0.1) is 5.82 Å². The molecule has 1 atom stereocenters. The van der Waals surface area contributed by atoms with Crippen molar-refractivity contribution in [2.75, 3.05) is 0 Å². The van der Waals surface area contributed by atoms with Gasteiger partial charge in [0.2, 0.25) is 11.8 Å². The summed E-state index contributed by atoms with van der Waals surface area (Å²) in [7, 11) is 0. The number of nitrogens with one attached hydrogen (secondary N) is 1. The Morgan fingerprint density at radius 2 is 1.51 bits per heavy atom. The van der Waals surface area contributed by atoms with Crippen LogP contribution in [-0.4, -0.2) is 27.7 Å². The van der Waals surface area contributed by atoms with E-state index in [1.54, 1.807) is 47.5 Å². The molecule has 0 saturated carbocycles. The van der Waals surface area contributed by atoms with Crippen LogP contribution < -0.4 is 5.32 Å². The van der Waals surface area contributed by atoms with Gasteiger partial charge in [-0.1, -0.05) is 72.3 Å². The van der Waals surface area contributed by atoms with Crippen LogP contribution in [0.25, 0.3) is 0 Å². The van der Waals surface area contributed by atoms with E-state index in [-0.39, 0.29) is 37.1 Å². The zero-order chi connectivity index (χ0) is 26.0. The number of rotatable bonds is 10. The number of hydrogen-bond acceptors (Lipinski definition) is 3. The van der Waals surface area contributed by atoms with Gasteiger partial charge in [0.25, 0.3) is 0 Å². The van der Waals surface area contributed by atoms with Gasteiger partial charge in [-0.15, -0.1) is 0 Å². The third-order valence-electron chi connectivity index (χ3n) is 5.98. The van der Waals surface area contributed by atoms with Crippen molar-refractivity contribution < 1.29 is 14.0 Å². The first-order valence-corrected chi connectivity index (χ1v) is 12.4. The summed E-state index contributed by atoms with van der Waals surface area (Å²) in [4.78, 5) is 33.1. The number of carbonyl (C=O) groups is 2. The molecule has 37 heavy (non-hydrogen) atoms. The van der Waals surface area contributed by atoms with Gasteiger partial charge in [-0.05, 0) is 53.1 Å². The van der Waals surface area contributed by atoms with E-state index in [2.05, 4.69) is 10.3 Å². The molecule has 188 valence electrons. The van der Waals surface area contributed by atoms with E-state index in [0.717, 1.165) is 16.7 Å². The van der Waals surface area contributed by atoms with Crippen LogP contribution in [0.1, 0.15) is 22.4 Å². The Kier molecular flexibility index (Phi) is 9.00. The fourth-order valence-corrected chi connectivity index (χ4v) is 4.14. The molecule has 0 fully saturated rings. The van der Waals surface area contributed by atoms with Crippen molar-refractivity contribution in [1.29, 1.82) is 0 Å². The quantitative estimate of drug-likeness (QED) is 0.309. The lowest BCUT2D eigenvalue weighted by molar-refractivity contribution is -0.140. The highest BCUT2D eigenvalue weighted by Gasteiger charge is 2.30. The fourth-order valence-electron chi connectivity index (χ4n) is 4.02. The predicted octanol–water partition coefficient (Wildman–Crippen LogP) is 5.37. The molecule has 0 bridgehead atoms. The average Bonchev–Trinajstić information content (AvgIpc) is 2.92. The molecule has 1 aromatic heterocycles. The molecule has 0 aliphatic rings. The van der Waals surface area contributed by atoms with Gasteiger partial charge in [-0.3, -0.25) is 14.6 Å². The average molecular weight is 516 g/mol. The minimum atomic E-state index is -0.795. The zero-order valence-electron chi connectivity index (χ0n) is 20.2. The van der Waals surface area contributed by atoms with E-state index in [1.165, 1.54) is 12.1 Å². The fraction of sp³-hybridized carbons (Fsp3) is 0.167. The van der Waals surface area contributed by atoms with E-state index in [1.807, 2.05) is 48.5 Å². The molecule has 0 aliphatic heterocycles. The van der Waals surface area contributed by atoms with Crippen molar-refractivity contribution in [3.8, 4) is 0 Å². The SMILES string of the molecule is O=C(NCc1ccccn1)[C@H](Cc1ccccc1)N(Cc1ccc(F)cc1)C(=O)Cc1ccc(Cl)cc1. The molecule has 0 spiro atoms. The molecule has 0 saturated heterocycles. The minimum Gasteiger partial charge on any atom is -0.349 e. The van der Waals surface area contributed by atoms with Crippen molar-refractivity contribution in [1.82, 2.24) is 15.2 Å². The predicted molar refractivity (Wildman–Crippen MR) is 142 cm³/mol. The van der Waals surface area contributed by atoms with Gasteiger partial charge in [0, 0.05) is 24.2 Å². The van der Waals surface area contributed by atoms with Crippen LogP contribution >= 0.6 is 11.6 Å². The van der Waals surface area contributed by atoms with E-state index < -0.39 is 6.04 Å². The molecule has 0 radical (unpaired) electrons. The molecular weight excluding hydrogens is 489 g/mol. The molecule has 7 heteroatoms. The maximum Gasteiger partial charge on any atom is 0.243 e. The summed E-state index contributed by atoms with van der Waals surface area (Å²) in [6.07, 6.45) is 2.08. The molecule has 5 nitrogen and oxygen atoms in total. The third-order valence-corrected chi connectivity index (χ3v) is 6.23. The molecule has 0 aliphatic carbocycles. The maximum absolute atomic E-state index is 13.7. The van der Waals surface area contributed by atoms with E-state index in [4.69, 9.17) is 11.6 Å². The molecule has 4 rings (SSSR count). The number of pyridine rings is 1. The molecule has 3 aromatic carbocycles. The first kappa shape index (κ1) is 26.0. The monoisotopic (exact) mass is 515 g/mol. The topological polar surface area (TPSA) is 62.3 Å². The minimum absolute atomic E-state index is 0.0944. The zero-order valence-corrected chi connectivity index (χ0v) is 20.9. The van der Waals surface area contributed by atoms with Crippen molar-refractivity contribution in [3.63, 3.8) is 0 Å². The van der Waals surface area contributed by atoms with Crippen LogP contribution in [0.5, 0.6) is 0 Å². The highest BCUT2D eigenvalue weighted by molar-refractivity contribution is 6.30. The van der Waals surface area contributed by atoms with Crippen molar-refractivity contribution >= 4 is 23.4 Å². The number of hydrogen-bond donors (Lipinski definition) is 1. The van der Waals surface area contributed by atoms with Gasteiger partial charge in [-0.25, -0.2) is 4.39 Å². The summed E-state index contributed by atoms with van der Waals surface area (Å²) in [6.45, 7) is 0.391. The lowest BCUT2D eigenvalue weighted by Crippen LogP contribution is -2.50. The number of carbonyl (C=O) groups excluding carboxylic acids is 2. The van der Waals surface area contributed by atoms with Gasteiger partial charge in [0.05, 0.1) is 18.7 Å². The second-order valence-electron chi connectivity index (χ2n) is 8.70. The third kappa shape index (κ3) is 7.72. The van der Waals surface area contributed by atoms with Crippen LogP contribution in [0.2, 0.25) is 5.02 Å². The molecular formula is C30H27ClFN3O2. The highest BCUT2D eigenvalue weighted by atomic mass is 35.5. The van der Waals surface area contributed by atoms with Crippen molar-refractivity contribution in [3.05, 3.63) is 136 Å². The second kappa shape index (κ2) is 12.8. The Labute approximate surface area is 220 Å². The second-order valence-corrected chi connectivity index (χ2v) is 9.13. The summed E-state index contributed by atoms with van der Waals surface area (Å²) in [5.41, 5.74) is 3.14. The molecule has 1 heterocycles.